The van der Waals surface area contributed by atoms with Crippen molar-refractivity contribution in [2.45, 2.75) is 26.3 Å². The average molecular weight is 355 g/mol. The highest BCUT2D eigenvalue weighted by molar-refractivity contribution is 5.95. The van der Waals surface area contributed by atoms with Crippen LogP contribution in [0.15, 0.2) is 48.5 Å². The van der Waals surface area contributed by atoms with Gasteiger partial charge in [-0.15, -0.1) is 0 Å². The molecule has 3 N–H and O–H groups in total. The molecule has 2 aromatic carbocycles. The second-order valence-electron chi connectivity index (χ2n) is 6.18. The van der Waals surface area contributed by atoms with Crippen LogP contribution in [0, 0.1) is 0 Å². The Morgan fingerprint density at radius 3 is 2.23 bits per heavy atom. The van der Waals surface area contributed by atoms with Gasteiger partial charge in [0.2, 0.25) is 0 Å². The van der Waals surface area contributed by atoms with E-state index < -0.39 is 0 Å². The van der Waals surface area contributed by atoms with E-state index in [1.165, 1.54) is 0 Å². The van der Waals surface area contributed by atoms with Crippen molar-refractivity contribution in [1.82, 2.24) is 10.6 Å². The first kappa shape index (κ1) is 19.3. The van der Waals surface area contributed by atoms with Gasteiger partial charge < -0.3 is 20.7 Å². The Bertz CT molecular complexity index is 725. The molecule has 6 heteroatoms. The molecule has 138 valence electrons. The van der Waals surface area contributed by atoms with Crippen molar-refractivity contribution in [3.05, 3.63) is 59.7 Å². The standard InChI is InChI=1S/C20H25N3O3/c1-14(2)22-19(24)16-6-8-17(9-7-16)23-20(25)21-13-12-15-4-10-18(26-3)11-5-15/h4-11,14H,12-13H2,1-3H3,(H,22,24)(H2,21,23,25). The van der Waals surface area contributed by atoms with Gasteiger partial charge in [0.05, 0.1) is 7.11 Å². The molecule has 0 saturated heterocycles. The number of hydrogen-bond acceptors (Lipinski definition) is 3. The van der Waals surface area contributed by atoms with Gasteiger partial charge in [-0.3, -0.25) is 4.79 Å². The first-order valence-electron chi connectivity index (χ1n) is 8.56. The van der Waals surface area contributed by atoms with Crippen molar-refractivity contribution in [3.63, 3.8) is 0 Å². The Labute approximate surface area is 153 Å². The van der Waals surface area contributed by atoms with Crippen molar-refractivity contribution in [2.75, 3.05) is 19.0 Å². The van der Waals surface area contributed by atoms with Crippen LogP contribution in [0.25, 0.3) is 0 Å². The van der Waals surface area contributed by atoms with Gasteiger partial charge in [-0.05, 0) is 62.2 Å². The summed E-state index contributed by atoms with van der Waals surface area (Å²) < 4.78 is 5.12. The van der Waals surface area contributed by atoms with E-state index in [1.54, 1.807) is 31.4 Å². The Hall–Kier alpha value is -3.02. The third-order valence-electron chi connectivity index (χ3n) is 3.68. The lowest BCUT2D eigenvalue weighted by Gasteiger charge is -2.10. The summed E-state index contributed by atoms with van der Waals surface area (Å²) in [5.41, 5.74) is 2.31. The van der Waals surface area contributed by atoms with Crippen LogP contribution in [-0.4, -0.2) is 31.6 Å². The molecule has 0 heterocycles. The Morgan fingerprint density at radius 1 is 1.00 bits per heavy atom. The van der Waals surface area contributed by atoms with Crippen LogP contribution in [0.4, 0.5) is 10.5 Å². The van der Waals surface area contributed by atoms with Crippen molar-refractivity contribution in [3.8, 4) is 5.75 Å². The van der Waals surface area contributed by atoms with E-state index in [4.69, 9.17) is 4.74 Å². The number of hydrogen-bond donors (Lipinski definition) is 3. The number of urea groups is 1. The maximum atomic E-state index is 11.9. The number of ether oxygens (including phenoxy) is 1. The lowest BCUT2D eigenvalue weighted by molar-refractivity contribution is 0.0943. The molecule has 0 fully saturated rings. The second-order valence-corrected chi connectivity index (χ2v) is 6.18. The summed E-state index contributed by atoms with van der Waals surface area (Å²) in [6, 6.07) is 14.3. The molecular weight excluding hydrogens is 330 g/mol. The molecule has 0 aromatic heterocycles. The van der Waals surface area contributed by atoms with Gasteiger partial charge in [0, 0.05) is 23.8 Å². The van der Waals surface area contributed by atoms with Gasteiger partial charge in [-0.1, -0.05) is 12.1 Å². The molecule has 0 aliphatic heterocycles. The van der Waals surface area contributed by atoms with Gasteiger partial charge in [-0.25, -0.2) is 4.79 Å². The monoisotopic (exact) mass is 355 g/mol. The number of nitrogens with one attached hydrogen (secondary N) is 3. The van der Waals surface area contributed by atoms with Gasteiger partial charge in [0.15, 0.2) is 0 Å². The van der Waals surface area contributed by atoms with Gasteiger partial charge in [0.1, 0.15) is 5.75 Å². The average Bonchev–Trinajstić information content (AvgIpc) is 2.62. The number of benzene rings is 2. The van der Waals surface area contributed by atoms with E-state index in [9.17, 15) is 9.59 Å². The molecular formula is C20H25N3O3. The zero-order valence-corrected chi connectivity index (χ0v) is 15.3. The lowest BCUT2D eigenvalue weighted by atomic mass is 10.1. The number of amides is 3. The molecule has 2 aromatic rings. The van der Waals surface area contributed by atoms with Crippen molar-refractivity contribution in [1.29, 1.82) is 0 Å². The normalized spacial score (nSPS) is 10.3. The zero-order valence-electron chi connectivity index (χ0n) is 15.3. The summed E-state index contributed by atoms with van der Waals surface area (Å²) in [7, 11) is 1.63. The largest absolute Gasteiger partial charge is 0.497 e. The molecule has 2 rings (SSSR count). The number of methoxy groups -OCH3 is 1. The maximum Gasteiger partial charge on any atom is 0.319 e. The van der Waals surface area contributed by atoms with E-state index in [1.807, 2.05) is 38.1 Å². The fourth-order valence-corrected chi connectivity index (χ4v) is 2.34. The summed E-state index contributed by atoms with van der Waals surface area (Å²) >= 11 is 0. The second kappa shape index (κ2) is 9.46. The smallest absolute Gasteiger partial charge is 0.319 e. The first-order chi connectivity index (χ1) is 12.5. The summed E-state index contributed by atoms with van der Waals surface area (Å²) in [5, 5.41) is 8.39. The van der Waals surface area contributed by atoms with E-state index in [0.29, 0.717) is 17.8 Å². The highest BCUT2D eigenvalue weighted by Gasteiger charge is 2.07. The SMILES string of the molecule is COc1ccc(CCNC(=O)Nc2ccc(C(=O)NC(C)C)cc2)cc1. The summed E-state index contributed by atoms with van der Waals surface area (Å²) in [4.78, 5) is 23.8. The summed E-state index contributed by atoms with van der Waals surface area (Å²) in [6.45, 7) is 4.33. The predicted octanol–water partition coefficient (Wildman–Crippen LogP) is 3.20. The van der Waals surface area contributed by atoms with Crippen molar-refractivity contribution < 1.29 is 14.3 Å². The third kappa shape index (κ3) is 6.12. The van der Waals surface area contributed by atoms with Gasteiger partial charge >= 0.3 is 6.03 Å². The van der Waals surface area contributed by atoms with Gasteiger partial charge in [0.25, 0.3) is 5.91 Å². The van der Waals surface area contributed by atoms with Crippen LogP contribution in [0.2, 0.25) is 0 Å². The molecule has 0 radical (unpaired) electrons. The van der Waals surface area contributed by atoms with Crippen LogP contribution in [0.5, 0.6) is 5.75 Å². The van der Waals surface area contributed by atoms with E-state index in [0.717, 1.165) is 17.7 Å². The van der Waals surface area contributed by atoms with Crippen LogP contribution in [0.3, 0.4) is 0 Å². The Kier molecular flexibility index (Phi) is 7.02. The number of carbonyl (C=O) groups is 2. The van der Waals surface area contributed by atoms with Crippen LogP contribution in [0.1, 0.15) is 29.8 Å². The van der Waals surface area contributed by atoms with E-state index >= 15 is 0 Å². The van der Waals surface area contributed by atoms with Crippen LogP contribution < -0.4 is 20.7 Å². The number of carbonyl (C=O) groups excluding carboxylic acids is 2. The fraction of sp³-hybridized carbons (Fsp3) is 0.300. The molecule has 0 aliphatic rings. The Morgan fingerprint density at radius 2 is 1.65 bits per heavy atom. The highest BCUT2D eigenvalue weighted by Crippen LogP contribution is 2.12. The predicted molar refractivity (Wildman–Crippen MR) is 103 cm³/mol. The molecule has 0 spiro atoms. The molecule has 0 atom stereocenters. The molecule has 0 aliphatic carbocycles. The minimum absolute atomic E-state index is 0.0804. The minimum Gasteiger partial charge on any atom is -0.497 e. The molecule has 0 bridgehead atoms. The lowest BCUT2D eigenvalue weighted by Crippen LogP contribution is -2.31. The first-order valence-corrected chi connectivity index (χ1v) is 8.56. The highest BCUT2D eigenvalue weighted by atomic mass is 16.5. The molecule has 26 heavy (non-hydrogen) atoms. The fourth-order valence-electron chi connectivity index (χ4n) is 2.34. The molecule has 3 amide bonds. The third-order valence-corrected chi connectivity index (χ3v) is 3.68. The quantitative estimate of drug-likeness (QED) is 0.713. The summed E-state index contributed by atoms with van der Waals surface area (Å²) in [5.74, 6) is 0.681. The van der Waals surface area contributed by atoms with Crippen LogP contribution >= 0.6 is 0 Å². The number of rotatable bonds is 7. The zero-order chi connectivity index (χ0) is 18.9. The van der Waals surface area contributed by atoms with E-state index in [2.05, 4.69) is 16.0 Å². The van der Waals surface area contributed by atoms with Crippen molar-refractivity contribution in [2.24, 2.45) is 0 Å². The maximum absolute atomic E-state index is 11.9. The molecule has 0 saturated carbocycles. The van der Waals surface area contributed by atoms with Crippen molar-refractivity contribution >= 4 is 17.6 Å². The van der Waals surface area contributed by atoms with Crippen LogP contribution in [-0.2, 0) is 6.42 Å². The molecule has 0 unspecified atom stereocenters. The van der Waals surface area contributed by atoms with E-state index in [-0.39, 0.29) is 18.0 Å². The van der Waals surface area contributed by atoms with Gasteiger partial charge in [-0.2, -0.15) is 0 Å². The summed E-state index contributed by atoms with van der Waals surface area (Å²) in [6.07, 6.45) is 0.728. The minimum atomic E-state index is -0.280. The number of anilines is 1. The topological polar surface area (TPSA) is 79.5 Å². The molecule has 6 nitrogen and oxygen atoms in total. The Balaban J connectivity index is 1.77.